The van der Waals surface area contributed by atoms with Gasteiger partial charge in [0, 0.05) is 5.69 Å². The summed E-state index contributed by atoms with van der Waals surface area (Å²) in [4.78, 5) is 25.8. The fraction of sp³-hybridized carbons (Fsp3) is 0.263. The maximum absolute atomic E-state index is 13.0. The second kappa shape index (κ2) is 8.68. The maximum atomic E-state index is 13.0. The van der Waals surface area contributed by atoms with E-state index < -0.39 is 23.7 Å². The molecule has 0 saturated heterocycles. The summed E-state index contributed by atoms with van der Waals surface area (Å²) >= 11 is 0. The van der Waals surface area contributed by atoms with Crippen LogP contribution >= 0.6 is 0 Å². The van der Waals surface area contributed by atoms with Crippen LogP contribution in [0.5, 0.6) is 0 Å². The summed E-state index contributed by atoms with van der Waals surface area (Å²) in [5.74, 6) is -0.972. The molecule has 144 valence electrons. The molecule has 0 heterocycles. The highest BCUT2D eigenvalue weighted by atomic mass is 19.4. The second-order valence-electron chi connectivity index (χ2n) is 6.04. The van der Waals surface area contributed by atoms with Gasteiger partial charge in [0.1, 0.15) is 0 Å². The Morgan fingerprint density at radius 2 is 1.59 bits per heavy atom. The number of para-hydroxylation sites is 2. The quantitative estimate of drug-likeness (QED) is 0.806. The summed E-state index contributed by atoms with van der Waals surface area (Å²) in [6.07, 6.45) is -4.57. The number of carbonyl (C=O) groups is 2. The number of nitrogens with one attached hydrogen (secondary N) is 2. The Morgan fingerprint density at radius 3 is 2.22 bits per heavy atom. The smallest absolute Gasteiger partial charge is 0.325 e. The normalized spacial score (nSPS) is 12.5. The monoisotopic (exact) mass is 379 g/mol. The maximum Gasteiger partial charge on any atom is 0.418 e. The van der Waals surface area contributed by atoms with Crippen molar-refractivity contribution >= 4 is 23.2 Å². The Bertz CT molecular complexity index is 794. The minimum atomic E-state index is -4.57. The zero-order valence-electron chi connectivity index (χ0n) is 14.9. The van der Waals surface area contributed by atoms with Crippen molar-refractivity contribution in [2.24, 2.45) is 0 Å². The van der Waals surface area contributed by atoms with Crippen LogP contribution in [-0.4, -0.2) is 36.3 Å². The predicted octanol–water partition coefficient (Wildman–Crippen LogP) is 3.60. The third-order valence-corrected chi connectivity index (χ3v) is 3.98. The van der Waals surface area contributed by atoms with Crippen molar-refractivity contribution in [1.29, 1.82) is 0 Å². The number of hydrogen-bond acceptors (Lipinski definition) is 3. The molecule has 0 aromatic heterocycles. The number of halogens is 3. The van der Waals surface area contributed by atoms with E-state index in [1.807, 2.05) is 6.07 Å². The lowest BCUT2D eigenvalue weighted by molar-refractivity contribution is -0.137. The first-order chi connectivity index (χ1) is 12.7. The number of likely N-dealkylation sites (N-methyl/N-ethyl adjacent to an activating group) is 1. The van der Waals surface area contributed by atoms with Crippen molar-refractivity contribution in [2.45, 2.75) is 19.1 Å². The number of anilines is 2. The third kappa shape index (κ3) is 5.82. The lowest BCUT2D eigenvalue weighted by Crippen LogP contribution is -2.43. The summed E-state index contributed by atoms with van der Waals surface area (Å²) in [6.45, 7) is 1.37. The van der Waals surface area contributed by atoms with E-state index in [0.717, 1.165) is 6.07 Å². The van der Waals surface area contributed by atoms with Gasteiger partial charge < -0.3 is 10.6 Å². The molecular formula is C19H20F3N3O2. The summed E-state index contributed by atoms with van der Waals surface area (Å²) in [5.41, 5.74) is -0.619. The van der Waals surface area contributed by atoms with Gasteiger partial charge in [-0.05, 0) is 38.2 Å². The van der Waals surface area contributed by atoms with Gasteiger partial charge in [0.15, 0.2) is 0 Å². The van der Waals surface area contributed by atoms with Gasteiger partial charge in [-0.25, -0.2) is 0 Å². The van der Waals surface area contributed by atoms with Gasteiger partial charge >= 0.3 is 6.18 Å². The number of carbonyl (C=O) groups excluding carboxylic acids is 2. The molecule has 27 heavy (non-hydrogen) atoms. The number of hydrogen-bond donors (Lipinski definition) is 2. The zero-order valence-corrected chi connectivity index (χ0v) is 14.9. The van der Waals surface area contributed by atoms with E-state index >= 15 is 0 Å². The van der Waals surface area contributed by atoms with Crippen LogP contribution in [0, 0.1) is 0 Å². The Kier molecular flexibility index (Phi) is 6.57. The van der Waals surface area contributed by atoms with Crippen molar-refractivity contribution < 1.29 is 22.8 Å². The van der Waals surface area contributed by atoms with E-state index in [-0.39, 0.29) is 18.1 Å². The van der Waals surface area contributed by atoms with Crippen molar-refractivity contribution in [2.75, 3.05) is 24.2 Å². The summed E-state index contributed by atoms with van der Waals surface area (Å²) in [5, 5.41) is 4.97. The molecule has 0 unspecified atom stereocenters. The Morgan fingerprint density at radius 1 is 1.00 bits per heavy atom. The second-order valence-corrected chi connectivity index (χ2v) is 6.04. The third-order valence-electron chi connectivity index (χ3n) is 3.98. The van der Waals surface area contributed by atoms with E-state index in [9.17, 15) is 22.8 Å². The highest BCUT2D eigenvalue weighted by molar-refractivity contribution is 5.96. The molecule has 2 aromatic carbocycles. The van der Waals surface area contributed by atoms with Crippen LogP contribution in [0.4, 0.5) is 24.5 Å². The largest absolute Gasteiger partial charge is 0.418 e. The number of rotatable bonds is 6. The number of benzene rings is 2. The minimum Gasteiger partial charge on any atom is -0.325 e. The molecule has 1 atom stereocenters. The van der Waals surface area contributed by atoms with E-state index in [4.69, 9.17) is 0 Å². The van der Waals surface area contributed by atoms with Crippen LogP contribution in [0.1, 0.15) is 12.5 Å². The molecule has 0 spiro atoms. The molecule has 2 amide bonds. The molecule has 2 rings (SSSR count). The topological polar surface area (TPSA) is 61.4 Å². The van der Waals surface area contributed by atoms with Gasteiger partial charge in [-0.1, -0.05) is 30.3 Å². The van der Waals surface area contributed by atoms with E-state index in [1.165, 1.54) is 23.1 Å². The molecule has 0 aliphatic carbocycles. The van der Waals surface area contributed by atoms with Gasteiger partial charge in [0.2, 0.25) is 11.8 Å². The minimum absolute atomic E-state index is 0.241. The van der Waals surface area contributed by atoms with Gasteiger partial charge in [-0.15, -0.1) is 0 Å². The SMILES string of the molecule is C[C@@H](C(=O)Nc1ccccc1)N(C)CC(=O)Nc1ccccc1C(F)(F)F. The van der Waals surface area contributed by atoms with Crippen LogP contribution in [0.2, 0.25) is 0 Å². The Labute approximate surface area is 155 Å². The highest BCUT2D eigenvalue weighted by Crippen LogP contribution is 2.34. The Balaban J connectivity index is 1.96. The first kappa shape index (κ1) is 20.4. The standard InChI is InChI=1S/C19H20F3N3O2/c1-13(18(27)23-14-8-4-3-5-9-14)25(2)12-17(26)24-16-11-7-6-10-15(16)19(20,21)22/h3-11,13H,12H2,1-2H3,(H,23,27)(H,24,26)/t13-/m0/s1. The van der Waals surface area contributed by atoms with Crippen LogP contribution in [0.25, 0.3) is 0 Å². The van der Waals surface area contributed by atoms with Crippen LogP contribution < -0.4 is 10.6 Å². The number of amides is 2. The molecule has 8 heteroatoms. The summed E-state index contributed by atoms with van der Waals surface area (Å²) < 4.78 is 39.0. The number of alkyl halides is 3. The molecule has 5 nitrogen and oxygen atoms in total. The molecule has 0 saturated carbocycles. The fourth-order valence-electron chi connectivity index (χ4n) is 2.36. The fourth-order valence-corrected chi connectivity index (χ4v) is 2.36. The van der Waals surface area contributed by atoms with Crippen molar-refractivity contribution in [1.82, 2.24) is 4.90 Å². The average molecular weight is 379 g/mol. The van der Waals surface area contributed by atoms with E-state index in [1.54, 1.807) is 38.2 Å². The van der Waals surface area contributed by atoms with Crippen LogP contribution in [0.3, 0.4) is 0 Å². The molecular weight excluding hydrogens is 359 g/mol. The first-order valence-electron chi connectivity index (χ1n) is 8.20. The molecule has 2 aromatic rings. The number of nitrogens with zero attached hydrogens (tertiary/aromatic N) is 1. The van der Waals surface area contributed by atoms with E-state index in [0.29, 0.717) is 5.69 Å². The molecule has 0 aliphatic heterocycles. The molecule has 0 fully saturated rings. The lowest BCUT2D eigenvalue weighted by atomic mass is 10.1. The lowest BCUT2D eigenvalue weighted by Gasteiger charge is -2.23. The molecule has 0 radical (unpaired) electrons. The van der Waals surface area contributed by atoms with Crippen molar-refractivity contribution in [3.8, 4) is 0 Å². The predicted molar refractivity (Wildman–Crippen MR) is 97.2 cm³/mol. The first-order valence-corrected chi connectivity index (χ1v) is 8.20. The molecule has 0 bridgehead atoms. The van der Waals surface area contributed by atoms with Gasteiger partial charge in [0.25, 0.3) is 0 Å². The van der Waals surface area contributed by atoms with Crippen molar-refractivity contribution in [3.63, 3.8) is 0 Å². The Hall–Kier alpha value is -2.87. The summed E-state index contributed by atoms with van der Waals surface area (Å²) in [6, 6.07) is 12.9. The van der Waals surface area contributed by atoms with Gasteiger partial charge in [-0.3, -0.25) is 14.5 Å². The highest BCUT2D eigenvalue weighted by Gasteiger charge is 2.33. The van der Waals surface area contributed by atoms with E-state index in [2.05, 4.69) is 10.6 Å². The van der Waals surface area contributed by atoms with Crippen molar-refractivity contribution in [3.05, 3.63) is 60.2 Å². The van der Waals surface area contributed by atoms with Gasteiger partial charge in [0.05, 0.1) is 23.8 Å². The average Bonchev–Trinajstić information content (AvgIpc) is 2.61. The van der Waals surface area contributed by atoms with Gasteiger partial charge in [-0.2, -0.15) is 13.2 Å². The molecule has 0 aliphatic rings. The molecule has 2 N–H and O–H groups in total. The summed E-state index contributed by atoms with van der Waals surface area (Å²) in [7, 11) is 1.55. The zero-order chi connectivity index (χ0) is 20.0. The van der Waals surface area contributed by atoms with Crippen LogP contribution in [-0.2, 0) is 15.8 Å². The van der Waals surface area contributed by atoms with Crippen LogP contribution in [0.15, 0.2) is 54.6 Å².